The van der Waals surface area contributed by atoms with Crippen LogP contribution in [-0.4, -0.2) is 7.11 Å². The van der Waals surface area contributed by atoms with Crippen LogP contribution in [0.2, 0.25) is 0 Å². The summed E-state index contributed by atoms with van der Waals surface area (Å²) in [5.41, 5.74) is 2.57. The molecule has 1 aromatic carbocycles. The highest BCUT2D eigenvalue weighted by atomic mass is 16.5. The van der Waals surface area contributed by atoms with Gasteiger partial charge in [0.2, 0.25) is 0 Å². The van der Waals surface area contributed by atoms with Crippen molar-refractivity contribution in [2.45, 2.75) is 19.8 Å². The number of rotatable bonds is 3. The molecule has 70 valence electrons. The number of benzene rings is 1. The zero-order valence-electron chi connectivity index (χ0n) is 8.50. The fraction of sp³-hybridized carbons (Fsp3) is 0.333. The van der Waals surface area contributed by atoms with E-state index in [1.165, 1.54) is 11.1 Å². The first kappa shape index (κ1) is 9.85. The van der Waals surface area contributed by atoms with Gasteiger partial charge in [0.25, 0.3) is 0 Å². The largest absolute Gasteiger partial charge is 0.497 e. The summed E-state index contributed by atoms with van der Waals surface area (Å²) in [6.45, 7) is 8.03. The molecule has 1 heteroatoms. The molecule has 13 heavy (non-hydrogen) atoms. The van der Waals surface area contributed by atoms with Gasteiger partial charge in [-0.05, 0) is 36.1 Å². The maximum atomic E-state index is 5.17. The number of hydrogen-bond donors (Lipinski definition) is 0. The van der Waals surface area contributed by atoms with Gasteiger partial charge in [-0.1, -0.05) is 19.1 Å². The molecule has 0 aliphatic rings. The smallest absolute Gasteiger partial charge is 0.119 e. The summed E-state index contributed by atoms with van der Waals surface area (Å²) in [7, 11) is 1.69. The summed E-state index contributed by atoms with van der Waals surface area (Å²) in [5.74, 6) is 1.30. The van der Waals surface area contributed by atoms with E-state index in [2.05, 4.69) is 32.6 Å². The van der Waals surface area contributed by atoms with E-state index in [0.717, 1.165) is 5.75 Å². The number of methoxy groups -OCH3 is 1. The van der Waals surface area contributed by atoms with E-state index in [0.29, 0.717) is 5.92 Å². The molecule has 0 amide bonds. The van der Waals surface area contributed by atoms with Crippen LogP contribution in [0.15, 0.2) is 30.9 Å². The van der Waals surface area contributed by atoms with E-state index in [1.807, 2.05) is 12.1 Å². The topological polar surface area (TPSA) is 9.23 Å². The average Bonchev–Trinajstić information content (AvgIpc) is 2.17. The molecule has 1 nitrogen and oxygen atoms in total. The predicted molar refractivity (Wildman–Crippen MR) is 56.3 cm³/mol. The van der Waals surface area contributed by atoms with Gasteiger partial charge in [0.1, 0.15) is 5.75 Å². The van der Waals surface area contributed by atoms with Crippen LogP contribution < -0.4 is 4.74 Å². The minimum Gasteiger partial charge on any atom is -0.497 e. The molecular weight excluding hydrogens is 160 g/mol. The molecule has 0 aliphatic carbocycles. The van der Waals surface area contributed by atoms with Crippen LogP contribution >= 0.6 is 0 Å². The van der Waals surface area contributed by atoms with Crippen LogP contribution in [0.4, 0.5) is 0 Å². The predicted octanol–water partition coefficient (Wildman–Crippen LogP) is 3.29. The van der Waals surface area contributed by atoms with Crippen molar-refractivity contribution in [2.75, 3.05) is 7.11 Å². The zero-order valence-corrected chi connectivity index (χ0v) is 8.50. The highest BCUT2D eigenvalue weighted by molar-refractivity contribution is 5.38. The number of aryl methyl sites for hydroxylation is 1. The lowest BCUT2D eigenvalue weighted by Crippen LogP contribution is -1.94. The van der Waals surface area contributed by atoms with Crippen molar-refractivity contribution in [1.82, 2.24) is 0 Å². The molecule has 0 spiro atoms. The van der Waals surface area contributed by atoms with Gasteiger partial charge in [0.05, 0.1) is 7.11 Å². The Kier molecular flexibility index (Phi) is 3.13. The Morgan fingerprint density at radius 3 is 2.69 bits per heavy atom. The van der Waals surface area contributed by atoms with Crippen molar-refractivity contribution in [3.63, 3.8) is 0 Å². The zero-order chi connectivity index (χ0) is 9.84. The Morgan fingerprint density at radius 1 is 1.46 bits per heavy atom. The van der Waals surface area contributed by atoms with E-state index in [1.54, 1.807) is 7.11 Å². The Morgan fingerprint density at radius 2 is 2.15 bits per heavy atom. The highest BCUT2D eigenvalue weighted by Crippen LogP contribution is 2.24. The summed E-state index contributed by atoms with van der Waals surface area (Å²) < 4.78 is 5.17. The van der Waals surface area contributed by atoms with E-state index < -0.39 is 0 Å². The highest BCUT2D eigenvalue weighted by Gasteiger charge is 2.05. The Hall–Kier alpha value is -1.24. The van der Waals surface area contributed by atoms with Crippen LogP contribution in [0, 0.1) is 6.92 Å². The van der Waals surface area contributed by atoms with Gasteiger partial charge in [-0.15, -0.1) is 6.58 Å². The van der Waals surface area contributed by atoms with Gasteiger partial charge in [0, 0.05) is 0 Å². The van der Waals surface area contributed by atoms with Crippen molar-refractivity contribution in [1.29, 1.82) is 0 Å². The van der Waals surface area contributed by atoms with Crippen LogP contribution in [-0.2, 0) is 0 Å². The molecule has 1 rings (SSSR count). The Labute approximate surface area is 80.0 Å². The van der Waals surface area contributed by atoms with Gasteiger partial charge >= 0.3 is 0 Å². The molecule has 0 aliphatic heterocycles. The summed E-state index contributed by atoms with van der Waals surface area (Å²) in [4.78, 5) is 0. The van der Waals surface area contributed by atoms with E-state index >= 15 is 0 Å². The van der Waals surface area contributed by atoms with Crippen LogP contribution in [0.3, 0.4) is 0 Å². The second-order valence-corrected chi connectivity index (χ2v) is 3.25. The molecule has 0 radical (unpaired) electrons. The van der Waals surface area contributed by atoms with Gasteiger partial charge in [0.15, 0.2) is 0 Å². The first-order chi connectivity index (χ1) is 6.19. The maximum Gasteiger partial charge on any atom is 0.119 e. The number of hydrogen-bond acceptors (Lipinski definition) is 1. The van der Waals surface area contributed by atoms with E-state index in [-0.39, 0.29) is 0 Å². The fourth-order valence-electron chi connectivity index (χ4n) is 1.36. The molecule has 1 aromatic rings. The third kappa shape index (κ3) is 2.11. The second-order valence-electron chi connectivity index (χ2n) is 3.25. The first-order valence-electron chi connectivity index (χ1n) is 4.46. The molecule has 0 N–H and O–H groups in total. The van der Waals surface area contributed by atoms with E-state index in [9.17, 15) is 0 Å². The van der Waals surface area contributed by atoms with Gasteiger partial charge in [-0.2, -0.15) is 0 Å². The molecule has 0 heterocycles. The lowest BCUT2D eigenvalue weighted by Gasteiger charge is -2.11. The average molecular weight is 176 g/mol. The van der Waals surface area contributed by atoms with Crippen molar-refractivity contribution in [2.24, 2.45) is 0 Å². The third-order valence-corrected chi connectivity index (χ3v) is 2.33. The number of allylic oxidation sites excluding steroid dienone is 1. The summed E-state index contributed by atoms with van der Waals surface area (Å²) >= 11 is 0. The van der Waals surface area contributed by atoms with Crippen LogP contribution in [0.1, 0.15) is 24.0 Å². The molecular formula is C12H16O. The normalized spacial score (nSPS) is 12.2. The monoisotopic (exact) mass is 176 g/mol. The molecule has 0 fully saturated rings. The molecule has 0 bridgehead atoms. The second kappa shape index (κ2) is 4.13. The SMILES string of the molecule is C=CC(C)c1cc(OC)ccc1C. The Bertz CT molecular complexity index is 302. The minimum absolute atomic E-state index is 0.384. The molecule has 1 atom stereocenters. The van der Waals surface area contributed by atoms with Gasteiger partial charge in [-0.25, -0.2) is 0 Å². The van der Waals surface area contributed by atoms with Crippen LogP contribution in [0.25, 0.3) is 0 Å². The molecule has 0 saturated heterocycles. The quantitative estimate of drug-likeness (QED) is 0.642. The Balaban J connectivity index is 3.10. The summed E-state index contributed by atoms with van der Waals surface area (Å²) in [5, 5.41) is 0. The standard InChI is InChI=1S/C12H16O/c1-5-9(2)12-8-11(13-4)7-6-10(12)3/h5-9H,1H2,2-4H3. The van der Waals surface area contributed by atoms with Gasteiger partial charge in [-0.3, -0.25) is 0 Å². The van der Waals surface area contributed by atoms with Gasteiger partial charge < -0.3 is 4.74 Å². The summed E-state index contributed by atoms with van der Waals surface area (Å²) in [6, 6.07) is 6.13. The van der Waals surface area contributed by atoms with E-state index in [4.69, 9.17) is 4.74 Å². The number of ether oxygens (including phenoxy) is 1. The molecule has 0 aromatic heterocycles. The summed E-state index contributed by atoms with van der Waals surface area (Å²) in [6.07, 6.45) is 1.95. The van der Waals surface area contributed by atoms with Crippen molar-refractivity contribution >= 4 is 0 Å². The van der Waals surface area contributed by atoms with Crippen molar-refractivity contribution in [3.8, 4) is 5.75 Å². The lowest BCUT2D eigenvalue weighted by atomic mass is 9.96. The third-order valence-electron chi connectivity index (χ3n) is 2.33. The van der Waals surface area contributed by atoms with Crippen molar-refractivity contribution < 1.29 is 4.74 Å². The lowest BCUT2D eigenvalue weighted by molar-refractivity contribution is 0.414. The minimum atomic E-state index is 0.384. The molecule has 0 saturated carbocycles. The molecule has 1 unspecified atom stereocenters. The van der Waals surface area contributed by atoms with Crippen molar-refractivity contribution in [3.05, 3.63) is 42.0 Å². The maximum absolute atomic E-state index is 5.17. The fourth-order valence-corrected chi connectivity index (χ4v) is 1.36. The first-order valence-corrected chi connectivity index (χ1v) is 4.46. The van der Waals surface area contributed by atoms with Crippen LogP contribution in [0.5, 0.6) is 5.75 Å².